The maximum Gasteiger partial charge on any atom is 0.216 e. The molecule has 3 heterocycles. The van der Waals surface area contributed by atoms with Crippen molar-refractivity contribution < 1.29 is 19.2 Å². The zero-order valence-electron chi connectivity index (χ0n) is 20.6. The molecule has 5 N–H and O–H groups in total. The fraction of sp³-hybridized carbons (Fsp3) is 0.360. The number of benzene rings is 1. The van der Waals surface area contributed by atoms with Crippen LogP contribution < -0.4 is 20.9 Å². The third kappa shape index (κ3) is 5.40. The highest BCUT2D eigenvalue weighted by Gasteiger charge is 2.22. The lowest BCUT2D eigenvalue weighted by atomic mass is 10.1. The van der Waals surface area contributed by atoms with Gasteiger partial charge < -0.3 is 30.6 Å². The van der Waals surface area contributed by atoms with Crippen molar-refractivity contribution in [3.8, 4) is 35.0 Å². The van der Waals surface area contributed by atoms with Crippen LogP contribution in [0.25, 0.3) is 22.6 Å². The minimum absolute atomic E-state index is 0.121. The SMILES string of the molecule is CCn1c(-c2nonc2N)nc2c(C#CC(C)(C)O)nc(OC[C@@H](N)Cc3ccccc3OC)cc21. The average Bonchev–Trinajstić information content (AvgIpc) is 3.43. The van der Waals surface area contributed by atoms with E-state index in [0.29, 0.717) is 47.1 Å². The molecule has 0 radical (unpaired) electrons. The standard InChI is InChI=1S/C25H29N7O4/c1-5-32-18-13-20(35-14-16(26)12-15-8-6-7-9-19(15)34-4)28-17(10-11-25(2,3)33)21(18)29-24(32)22-23(27)31-36-30-22/h6-9,13,16,33H,5,12,14,26H2,1-4H3,(H2,27,31)/t16-/m0/s1. The van der Waals surface area contributed by atoms with E-state index in [1.54, 1.807) is 27.0 Å². The maximum atomic E-state index is 10.1. The Morgan fingerprint density at radius 1 is 1.22 bits per heavy atom. The van der Waals surface area contributed by atoms with Gasteiger partial charge in [0.15, 0.2) is 17.3 Å². The Balaban J connectivity index is 1.70. The molecule has 188 valence electrons. The molecule has 36 heavy (non-hydrogen) atoms. The minimum Gasteiger partial charge on any atom is -0.496 e. The number of ether oxygens (including phenoxy) is 2. The van der Waals surface area contributed by atoms with E-state index >= 15 is 0 Å². The summed E-state index contributed by atoms with van der Waals surface area (Å²) in [5.74, 6) is 7.40. The number of hydrogen-bond acceptors (Lipinski definition) is 10. The van der Waals surface area contributed by atoms with Gasteiger partial charge in [-0.15, -0.1) is 0 Å². The Hall–Kier alpha value is -4.14. The van der Waals surface area contributed by atoms with Crippen molar-refractivity contribution in [2.45, 2.75) is 45.4 Å². The lowest BCUT2D eigenvalue weighted by Crippen LogP contribution is -2.30. The van der Waals surface area contributed by atoms with Gasteiger partial charge in [0.2, 0.25) is 5.88 Å². The summed E-state index contributed by atoms with van der Waals surface area (Å²) in [5, 5.41) is 17.7. The van der Waals surface area contributed by atoms with Gasteiger partial charge in [-0.05, 0) is 55.1 Å². The predicted octanol–water partition coefficient (Wildman–Crippen LogP) is 2.16. The number of para-hydroxylation sites is 1. The van der Waals surface area contributed by atoms with Gasteiger partial charge >= 0.3 is 0 Å². The lowest BCUT2D eigenvalue weighted by molar-refractivity contribution is 0.143. The molecule has 0 unspecified atom stereocenters. The molecule has 0 aliphatic carbocycles. The van der Waals surface area contributed by atoms with Gasteiger partial charge in [0.05, 0.1) is 12.6 Å². The zero-order chi connectivity index (χ0) is 25.9. The zero-order valence-corrected chi connectivity index (χ0v) is 20.6. The van der Waals surface area contributed by atoms with Crippen molar-refractivity contribution in [1.82, 2.24) is 24.8 Å². The summed E-state index contributed by atoms with van der Waals surface area (Å²) in [5.41, 5.74) is 13.9. The van der Waals surface area contributed by atoms with Crippen molar-refractivity contribution in [2.24, 2.45) is 5.73 Å². The summed E-state index contributed by atoms with van der Waals surface area (Å²) in [6, 6.07) is 9.18. The second-order valence-electron chi connectivity index (χ2n) is 8.75. The number of anilines is 1. The molecule has 4 rings (SSSR count). The number of nitrogen functional groups attached to an aromatic ring is 1. The molecule has 0 bridgehead atoms. The largest absolute Gasteiger partial charge is 0.496 e. The molecule has 11 nitrogen and oxygen atoms in total. The first kappa shape index (κ1) is 25.0. The summed E-state index contributed by atoms with van der Waals surface area (Å²) in [6.07, 6.45) is 0.563. The summed E-state index contributed by atoms with van der Waals surface area (Å²) >= 11 is 0. The molecular weight excluding hydrogens is 462 g/mol. The molecule has 0 aliphatic heterocycles. The Morgan fingerprint density at radius 3 is 2.67 bits per heavy atom. The first-order chi connectivity index (χ1) is 17.2. The second kappa shape index (κ2) is 10.2. The molecule has 0 amide bonds. The summed E-state index contributed by atoms with van der Waals surface area (Å²) in [7, 11) is 1.63. The summed E-state index contributed by atoms with van der Waals surface area (Å²) < 4.78 is 18.1. The Bertz CT molecular complexity index is 1430. The number of fused-ring (bicyclic) bond motifs is 1. The van der Waals surface area contributed by atoms with Crippen LogP contribution in [-0.2, 0) is 13.0 Å². The van der Waals surface area contributed by atoms with E-state index in [1.807, 2.05) is 35.8 Å². The minimum atomic E-state index is -1.22. The van der Waals surface area contributed by atoms with Crippen molar-refractivity contribution in [3.63, 3.8) is 0 Å². The molecule has 0 saturated carbocycles. The molecule has 1 aromatic carbocycles. The molecule has 11 heteroatoms. The van der Waals surface area contributed by atoms with Crippen LogP contribution in [0.15, 0.2) is 35.0 Å². The van der Waals surface area contributed by atoms with Crippen LogP contribution in [0.2, 0.25) is 0 Å². The first-order valence-electron chi connectivity index (χ1n) is 11.5. The number of aromatic nitrogens is 5. The number of nitrogens with two attached hydrogens (primary N) is 2. The van der Waals surface area contributed by atoms with E-state index in [2.05, 4.69) is 32.1 Å². The highest BCUT2D eigenvalue weighted by atomic mass is 16.6. The van der Waals surface area contributed by atoms with E-state index in [1.165, 1.54) is 0 Å². The van der Waals surface area contributed by atoms with Gasteiger partial charge in [-0.2, -0.15) is 0 Å². The predicted molar refractivity (Wildman–Crippen MR) is 134 cm³/mol. The Kier molecular flexibility index (Phi) is 7.10. The normalized spacial score (nSPS) is 12.3. The quantitative estimate of drug-likeness (QED) is 0.312. The van der Waals surface area contributed by atoms with Gasteiger partial charge in [-0.3, -0.25) is 0 Å². The molecule has 3 aromatic heterocycles. The van der Waals surface area contributed by atoms with Crippen LogP contribution in [0.1, 0.15) is 32.0 Å². The molecule has 0 saturated heterocycles. The maximum absolute atomic E-state index is 10.1. The monoisotopic (exact) mass is 491 g/mol. The topological polar surface area (TPSA) is 160 Å². The molecule has 0 aliphatic rings. The van der Waals surface area contributed by atoms with Crippen LogP contribution in [0.4, 0.5) is 5.82 Å². The van der Waals surface area contributed by atoms with E-state index in [4.69, 9.17) is 25.6 Å². The molecular formula is C25H29N7O4. The Labute approximate surface area is 208 Å². The first-order valence-corrected chi connectivity index (χ1v) is 11.5. The van der Waals surface area contributed by atoms with Crippen LogP contribution in [0.5, 0.6) is 11.6 Å². The number of aliphatic hydroxyl groups is 1. The summed E-state index contributed by atoms with van der Waals surface area (Å²) in [6.45, 7) is 5.90. The van der Waals surface area contributed by atoms with Crippen molar-refractivity contribution in [3.05, 3.63) is 41.6 Å². The molecule has 4 aromatic rings. The third-order valence-corrected chi connectivity index (χ3v) is 5.36. The van der Waals surface area contributed by atoms with Gasteiger partial charge in [-0.25, -0.2) is 14.6 Å². The number of nitrogens with zero attached hydrogens (tertiary/aromatic N) is 5. The molecule has 1 atom stereocenters. The van der Waals surface area contributed by atoms with Crippen LogP contribution in [-0.4, -0.2) is 55.3 Å². The van der Waals surface area contributed by atoms with Crippen LogP contribution >= 0.6 is 0 Å². The third-order valence-electron chi connectivity index (χ3n) is 5.36. The van der Waals surface area contributed by atoms with E-state index in [0.717, 1.165) is 11.3 Å². The highest BCUT2D eigenvalue weighted by molar-refractivity contribution is 5.86. The number of imidazole rings is 1. The number of aryl methyl sites for hydroxylation is 1. The number of rotatable bonds is 8. The van der Waals surface area contributed by atoms with E-state index in [-0.39, 0.29) is 18.5 Å². The van der Waals surface area contributed by atoms with E-state index in [9.17, 15) is 5.11 Å². The fourth-order valence-electron chi connectivity index (χ4n) is 3.73. The number of methoxy groups -OCH3 is 1. The average molecular weight is 492 g/mol. The van der Waals surface area contributed by atoms with Gasteiger partial charge in [0.1, 0.15) is 29.2 Å². The second-order valence-corrected chi connectivity index (χ2v) is 8.75. The van der Waals surface area contributed by atoms with Crippen molar-refractivity contribution in [2.75, 3.05) is 19.5 Å². The fourth-order valence-corrected chi connectivity index (χ4v) is 3.73. The highest BCUT2D eigenvalue weighted by Crippen LogP contribution is 2.30. The van der Waals surface area contributed by atoms with Crippen molar-refractivity contribution in [1.29, 1.82) is 0 Å². The number of pyridine rings is 1. The summed E-state index contributed by atoms with van der Waals surface area (Å²) in [4.78, 5) is 9.23. The van der Waals surface area contributed by atoms with Crippen molar-refractivity contribution >= 4 is 16.9 Å². The van der Waals surface area contributed by atoms with Gasteiger partial charge in [-0.1, -0.05) is 24.1 Å². The molecule has 0 spiro atoms. The van der Waals surface area contributed by atoms with Crippen LogP contribution in [0, 0.1) is 11.8 Å². The lowest BCUT2D eigenvalue weighted by Gasteiger charge is -2.15. The molecule has 0 fully saturated rings. The van der Waals surface area contributed by atoms with Crippen LogP contribution in [0.3, 0.4) is 0 Å². The van der Waals surface area contributed by atoms with Gasteiger partial charge in [0, 0.05) is 18.7 Å². The van der Waals surface area contributed by atoms with E-state index < -0.39 is 5.60 Å². The van der Waals surface area contributed by atoms with Gasteiger partial charge in [0.25, 0.3) is 0 Å². The number of hydrogen-bond donors (Lipinski definition) is 3. The smallest absolute Gasteiger partial charge is 0.216 e. The Morgan fingerprint density at radius 2 is 2.00 bits per heavy atom.